The molecule has 2 amide bonds. The van der Waals surface area contributed by atoms with Crippen LogP contribution in [-0.2, 0) is 4.74 Å². The Morgan fingerprint density at radius 3 is 2.59 bits per heavy atom. The van der Waals surface area contributed by atoms with Gasteiger partial charge in [-0.2, -0.15) is 0 Å². The number of halogens is 1. The van der Waals surface area contributed by atoms with Gasteiger partial charge < -0.3 is 25.3 Å². The highest BCUT2D eigenvalue weighted by atomic mass is 35.5. The number of hydrogen-bond acceptors (Lipinski definition) is 6. The number of rotatable bonds is 5. The van der Waals surface area contributed by atoms with Crippen molar-refractivity contribution in [3.8, 4) is 0 Å². The van der Waals surface area contributed by atoms with Crippen LogP contribution in [0.4, 0.5) is 5.69 Å². The number of amides is 2. The normalized spacial score (nSPS) is 15.8. The highest BCUT2D eigenvalue weighted by Gasteiger charge is 2.19. The van der Waals surface area contributed by atoms with Crippen molar-refractivity contribution in [2.75, 3.05) is 38.2 Å². The van der Waals surface area contributed by atoms with Crippen LogP contribution in [0.1, 0.15) is 54.8 Å². The molecule has 1 aromatic heterocycles. The van der Waals surface area contributed by atoms with E-state index in [1.807, 2.05) is 33.8 Å². The average molecular weight is 526 g/mol. The lowest BCUT2D eigenvalue weighted by Gasteiger charge is -2.29. The summed E-state index contributed by atoms with van der Waals surface area (Å²) in [5.41, 5.74) is 1.36. The van der Waals surface area contributed by atoms with Crippen LogP contribution in [0.5, 0.6) is 0 Å². The Hall–Kier alpha value is -3.43. The number of nitrogens with zero attached hydrogens (tertiary/aromatic N) is 2. The van der Waals surface area contributed by atoms with Crippen LogP contribution < -0.4 is 26.9 Å². The second-order valence-electron chi connectivity index (χ2n) is 10.4. The van der Waals surface area contributed by atoms with Gasteiger partial charge in [-0.15, -0.1) is 0 Å². The molecule has 3 N–H and O–H groups in total. The predicted octanol–water partition coefficient (Wildman–Crippen LogP) is 2.42. The topological polar surface area (TPSA) is 116 Å². The van der Waals surface area contributed by atoms with Gasteiger partial charge in [0.25, 0.3) is 17.4 Å². The van der Waals surface area contributed by atoms with Gasteiger partial charge in [-0.1, -0.05) is 38.4 Å². The number of hydrogen-bond donors (Lipinski definition) is 3. The van der Waals surface area contributed by atoms with Crippen molar-refractivity contribution in [2.45, 2.75) is 34.1 Å². The number of ether oxygens (including phenoxy) is 1. The number of carbonyl (C=O) groups excluding carboxylic acids is 2. The molecule has 10 heteroatoms. The first-order valence-corrected chi connectivity index (χ1v) is 12.6. The molecule has 1 aromatic carbocycles. The zero-order chi connectivity index (χ0) is 26.7. The summed E-state index contributed by atoms with van der Waals surface area (Å²) in [5.74, 6) is -0.0893. The van der Waals surface area contributed by atoms with E-state index in [9.17, 15) is 14.4 Å². The van der Waals surface area contributed by atoms with Crippen molar-refractivity contribution < 1.29 is 14.3 Å². The number of carbonyl (C=O) groups is 2. The zero-order valence-electron chi connectivity index (χ0n) is 21.5. The van der Waals surface area contributed by atoms with Crippen LogP contribution >= 0.6 is 11.6 Å². The van der Waals surface area contributed by atoms with Gasteiger partial charge in [-0.25, -0.2) is 4.99 Å². The number of aromatic nitrogens is 1. The Bertz CT molecular complexity index is 1430. The second kappa shape index (κ2) is 10.9. The van der Waals surface area contributed by atoms with Crippen LogP contribution in [0.2, 0.25) is 5.02 Å². The predicted molar refractivity (Wildman–Crippen MR) is 143 cm³/mol. The lowest BCUT2D eigenvalue weighted by atomic mass is 9.97. The van der Waals surface area contributed by atoms with Crippen molar-refractivity contribution >= 4 is 35.2 Å². The fourth-order valence-electron chi connectivity index (χ4n) is 4.02. The van der Waals surface area contributed by atoms with Gasteiger partial charge in [0.15, 0.2) is 0 Å². The minimum absolute atomic E-state index is 0.0728. The van der Waals surface area contributed by atoms with Crippen molar-refractivity contribution in [3.05, 3.63) is 72.9 Å². The largest absolute Gasteiger partial charge is 0.378 e. The van der Waals surface area contributed by atoms with E-state index in [1.54, 1.807) is 12.1 Å². The van der Waals surface area contributed by atoms with E-state index >= 15 is 0 Å². The number of aromatic amines is 1. The fraction of sp³-hybridized carbons (Fsp3) is 0.407. The van der Waals surface area contributed by atoms with Crippen LogP contribution in [-0.4, -0.2) is 54.5 Å². The minimum atomic E-state index is -0.631. The first-order valence-electron chi connectivity index (χ1n) is 12.3. The van der Waals surface area contributed by atoms with Crippen LogP contribution in [0.25, 0.3) is 6.08 Å². The monoisotopic (exact) mass is 525 g/mol. The highest BCUT2D eigenvalue weighted by molar-refractivity contribution is 6.34. The van der Waals surface area contributed by atoms with Gasteiger partial charge in [-0.05, 0) is 48.6 Å². The Morgan fingerprint density at radius 2 is 1.89 bits per heavy atom. The number of allylic oxidation sites excluding steroid dienone is 1. The minimum Gasteiger partial charge on any atom is -0.378 e. The number of fused-ring (bicyclic) bond motifs is 1. The van der Waals surface area contributed by atoms with E-state index in [1.165, 1.54) is 12.1 Å². The summed E-state index contributed by atoms with van der Waals surface area (Å²) in [6.45, 7) is 11.3. The molecule has 2 aliphatic heterocycles. The summed E-state index contributed by atoms with van der Waals surface area (Å²) in [4.78, 5) is 48.2. The molecule has 0 saturated carbocycles. The Kier molecular flexibility index (Phi) is 7.85. The summed E-state index contributed by atoms with van der Waals surface area (Å²) >= 11 is 6.29. The first-order chi connectivity index (χ1) is 17.5. The van der Waals surface area contributed by atoms with E-state index in [2.05, 4.69) is 20.5 Å². The van der Waals surface area contributed by atoms with Gasteiger partial charge in [0, 0.05) is 30.4 Å². The number of pyridine rings is 1. The molecule has 0 atom stereocenters. The molecule has 0 spiro atoms. The summed E-state index contributed by atoms with van der Waals surface area (Å²) in [6.07, 6.45) is 2.58. The Balaban J connectivity index is 1.59. The smallest absolute Gasteiger partial charge is 0.262 e. The van der Waals surface area contributed by atoms with Crippen molar-refractivity contribution in [2.24, 2.45) is 10.4 Å². The molecule has 4 rings (SSSR count). The fourth-order valence-corrected chi connectivity index (χ4v) is 4.19. The maximum atomic E-state index is 13.1. The third kappa shape index (κ3) is 6.47. The van der Waals surface area contributed by atoms with Crippen LogP contribution in [0.3, 0.4) is 0 Å². The third-order valence-electron chi connectivity index (χ3n) is 6.09. The van der Waals surface area contributed by atoms with E-state index in [-0.39, 0.29) is 27.6 Å². The summed E-state index contributed by atoms with van der Waals surface area (Å²) in [7, 11) is 0. The Morgan fingerprint density at radius 1 is 1.16 bits per heavy atom. The van der Waals surface area contributed by atoms with Gasteiger partial charge >= 0.3 is 0 Å². The standard InChI is InChI=1S/C27H32ClN5O4/c1-16-5-6-17-13-19(26(36)32-22(17)31-23(16)33-9-11-37-12-10-33)25(35)30-21-14-18(7-8-20(21)28)24(34)29-15-27(2,3)4/h6-8,13-14H,5,9-12,15H2,1-4H3,(H,29,34)(H,30,35)(H,31,32,36). The highest BCUT2D eigenvalue weighted by Crippen LogP contribution is 2.24. The molecule has 3 heterocycles. The SMILES string of the molecule is CC1=C(N2CCOCC2)N=c2[nH]c(=O)c(C(=O)Nc3cc(C(=O)NCC(C)(C)C)ccc3Cl)cc2=CC1. The summed E-state index contributed by atoms with van der Waals surface area (Å²) in [5, 5.41) is 6.46. The van der Waals surface area contributed by atoms with Gasteiger partial charge in [-0.3, -0.25) is 14.4 Å². The lowest BCUT2D eigenvalue weighted by Crippen LogP contribution is -2.40. The maximum absolute atomic E-state index is 13.1. The molecule has 0 unspecified atom stereocenters. The van der Waals surface area contributed by atoms with E-state index < -0.39 is 11.5 Å². The molecule has 1 fully saturated rings. The Labute approximate surface area is 220 Å². The quantitative estimate of drug-likeness (QED) is 0.554. The molecule has 2 aliphatic rings. The zero-order valence-corrected chi connectivity index (χ0v) is 22.3. The van der Waals surface area contributed by atoms with E-state index in [0.717, 1.165) is 24.5 Å². The van der Waals surface area contributed by atoms with Crippen molar-refractivity contribution in [1.29, 1.82) is 0 Å². The average Bonchev–Trinajstić information content (AvgIpc) is 3.01. The van der Waals surface area contributed by atoms with Crippen LogP contribution in [0, 0.1) is 5.41 Å². The number of anilines is 1. The molecule has 1 saturated heterocycles. The molecule has 196 valence electrons. The first kappa shape index (κ1) is 26.6. The summed E-state index contributed by atoms with van der Waals surface area (Å²) in [6, 6.07) is 6.16. The third-order valence-corrected chi connectivity index (χ3v) is 6.42. The number of H-pyrrole nitrogens is 1. The molecule has 37 heavy (non-hydrogen) atoms. The van der Waals surface area contributed by atoms with E-state index in [4.69, 9.17) is 21.3 Å². The van der Waals surface area contributed by atoms with Gasteiger partial charge in [0.05, 0.1) is 23.9 Å². The molecular weight excluding hydrogens is 494 g/mol. The maximum Gasteiger partial charge on any atom is 0.262 e. The van der Waals surface area contributed by atoms with Crippen molar-refractivity contribution in [1.82, 2.24) is 15.2 Å². The molecule has 0 radical (unpaired) electrons. The van der Waals surface area contributed by atoms with Gasteiger partial charge in [0.1, 0.15) is 16.9 Å². The number of nitrogens with one attached hydrogen (secondary N) is 3. The molecule has 0 aliphatic carbocycles. The number of morpholine rings is 1. The summed E-state index contributed by atoms with van der Waals surface area (Å²) < 4.78 is 5.44. The number of benzene rings is 1. The molecule has 2 aromatic rings. The van der Waals surface area contributed by atoms with Crippen LogP contribution in [0.15, 0.2) is 45.4 Å². The second-order valence-corrected chi connectivity index (χ2v) is 10.8. The molecular formula is C27H32ClN5O4. The molecule has 0 bridgehead atoms. The van der Waals surface area contributed by atoms with Gasteiger partial charge in [0.2, 0.25) is 0 Å². The van der Waals surface area contributed by atoms with Crippen molar-refractivity contribution in [3.63, 3.8) is 0 Å². The molecule has 9 nitrogen and oxygen atoms in total. The lowest BCUT2D eigenvalue weighted by molar-refractivity contribution is 0.0523. The van der Waals surface area contributed by atoms with E-state index in [0.29, 0.717) is 42.4 Å².